The topological polar surface area (TPSA) is 29.3 Å². The molecule has 0 fully saturated rings. The third-order valence-electron chi connectivity index (χ3n) is 2.73. The van der Waals surface area contributed by atoms with Crippen LogP contribution in [0.1, 0.15) is 16.0 Å². The maximum atomic E-state index is 5.74. The quantitative estimate of drug-likeness (QED) is 0.851. The Morgan fingerprint density at radius 3 is 2.67 bits per heavy atom. The van der Waals surface area contributed by atoms with Crippen LogP contribution < -0.4 is 5.73 Å². The lowest BCUT2D eigenvalue weighted by Crippen LogP contribution is -2.20. The average Bonchev–Trinajstić information content (AvgIpc) is 2.82. The molecule has 1 aromatic carbocycles. The number of rotatable bonds is 5. The van der Waals surface area contributed by atoms with Gasteiger partial charge in [0.15, 0.2) is 0 Å². The van der Waals surface area contributed by atoms with Crippen molar-refractivity contribution in [3.63, 3.8) is 0 Å². The fourth-order valence-electron chi connectivity index (χ4n) is 1.91. The molecule has 0 aliphatic heterocycles. The first-order valence-corrected chi connectivity index (χ1v) is 7.04. The minimum absolute atomic E-state index is 0.468. The lowest BCUT2D eigenvalue weighted by molar-refractivity contribution is 0.322. The zero-order chi connectivity index (χ0) is 13.0. The van der Waals surface area contributed by atoms with E-state index in [1.54, 1.807) is 11.3 Å². The standard InChI is InChI=1S/C14H16N2S2/c1-16(10-12-6-4-8-18-12)9-11-5-2-3-7-13(11)14(15)17/h2-8H,9-10H2,1H3,(H2,15,17). The summed E-state index contributed by atoms with van der Waals surface area (Å²) in [6.45, 7) is 1.80. The number of nitrogens with two attached hydrogens (primary N) is 1. The van der Waals surface area contributed by atoms with Crippen LogP contribution in [0.2, 0.25) is 0 Å². The minimum atomic E-state index is 0.468. The predicted octanol–water partition coefficient (Wildman–Crippen LogP) is 3.01. The van der Waals surface area contributed by atoms with Gasteiger partial charge < -0.3 is 5.73 Å². The summed E-state index contributed by atoms with van der Waals surface area (Å²) in [5, 5.41) is 2.10. The molecule has 4 heteroatoms. The summed E-state index contributed by atoms with van der Waals surface area (Å²) in [7, 11) is 2.11. The van der Waals surface area contributed by atoms with Crippen molar-refractivity contribution >= 4 is 28.5 Å². The Kier molecular flexibility index (Phi) is 4.47. The molecule has 18 heavy (non-hydrogen) atoms. The summed E-state index contributed by atoms with van der Waals surface area (Å²) in [6, 6.07) is 12.3. The van der Waals surface area contributed by atoms with E-state index in [2.05, 4.69) is 35.5 Å². The summed E-state index contributed by atoms with van der Waals surface area (Å²) in [5.74, 6) is 0. The Balaban J connectivity index is 2.07. The molecule has 0 spiro atoms. The van der Waals surface area contributed by atoms with E-state index in [0.717, 1.165) is 18.7 Å². The lowest BCUT2D eigenvalue weighted by Gasteiger charge is -2.17. The zero-order valence-electron chi connectivity index (χ0n) is 10.3. The molecule has 2 aromatic rings. The van der Waals surface area contributed by atoms with Gasteiger partial charge in [0.05, 0.1) is 0 Å². The molecule has 0 radical (unpaired) electrons. The largest absolute Gasteiger partial charge is 0.389 e. The predicted molar refractivity (Wildman–Crippen MR) is 81.8 cm³/mol. The van der Waals surface area contributed by atoms with Crippen molar-refractivity contribution < 1.29 is 0 Å². The van der Waals surface area contributed by atoms with E-state index < -0.39 is 0 Å². The minimum Gasteiger partial charge on any atom is -0.389 e. The molecule has 0 saturated heterocycles. The van der Waals surface area contributed by atoms with Gasteiger partial charge in [-0.25, -0.2) is 0 Å². The Bertz CT molecular complexity index is 520. The highest BCUT2D eigenvalue weighted by Crippen LogP contribution is 2.15. The van der Waals surface area contributed by atoms with Gasteiger partial charge in [0.1, 0.15) is 4.99 Å². The molecular formula is C14H16N2S2. The molecule has 0 aliphatic carbocycles. The summed E-state index contributed by atoms with van der Waals surface area (Å²) in [6.07, 6.45) is 0. The Morgan fingerprint density at radius 2 is 2.00 bits per heavy atom. The highest BCUT2D eigenvalue weighted by molar-refractivity contribution is 7.80. The first-order valence-electron chi connectivity index (χ1n) is 5.75. The van der Waals surface area contributed by atoms with Crippen molar-refractivity contribution in [3.8, 4) is 0 Å². The number of benzene rings is 1. The molecule has 0 unspecified atom stereocenters. The van der Waals surface area contributed by atoms with Crippen LogP contribution in [0.4, 0.5) is 0 Å². The van der Waals surface area contributed by atoms with Crippen molar-refractivity contribution in [2.24, 2.45) is 5.73 Å². The summed E-state index contributed by atoms with van der Waals surface area (Å²) in [5.41, 5.74) is 7.90. The van der Waals surface area contributed by atoms with E-state index >= 15 is 0 Å². The van der Waals surface area contributed by atoms with Crippen LogP contribution in [0.25, 0.3) is 0 Å². The molecule has 2 rings (SSSR count). The van der Waals surface area contributed by atoms with Gasteiger partial charge in [0.2, 0.25) is 0 Å². The second-order valence-corrected chi connectivity index (χ2v) is 5.75. The van der Waals surface area contributed by atoms with Gasteiger partial charge in [0.25, 0.3) is 0 Å². The Hall–Kier alpha value is -1.23. The highest BCUT2D eigenvalue weighted by atomic mass is 32.1. The third-order valence-corrected chi connectivity index (χ3v) is 3.81. The van der Waals surface area contributed by atoms with E-state index in [1.165, 1.54) is 10.4 Å². The molecule has 0 amide bonds. The van der Waals surface area contributed by atoms with Gasteiger partial charge in [0, 0.05) is 23.5 Å². The fourth-order valence-corrected chi connectivity index (χ4v) is 2.90. The molecule has 2 N–H and O–H groups in total. The van der Waals surface area contributed by atoms with E-state index in [9.17, 15) is 0 Å². The van der Waals surface area contributed by atoms with Crippen LogP contribution in [0, 0.1) is 0 Å². The zero-order valence-corrected chi connectivity index (χ0v) is 11.9. The van der Waals surface area contributed by atoms with Gasteiger partial charge in [-0.05, 0) is 24.1 Å². The van der Waals surface area contributed by atoms with Crippen LogP contribution >= 0.6 is 23.6 Å². The first-order chi connectivity index (χ1) is 8.66. The molecule has 0 aliphatic rings. The molecule has 0 atom stereocenters. The van der Waals surface area contributed by atoms with Crippen LogP contribution in [0.5, 0.6) is 0 Å². The van der Waals surface area contributed by atoms with E-state index in [4.69, 9.17) is 18.0 Å². The maximum absolute atomic E-state index is 5.74. The number of hydrogen-bond donors (Lipinski definition) is 1. The van der Waals surface area contributed by atoms with Gasteiger partial charge in [-0.3, -0.25) is 4.90 Å². The van der Waals surface area contributed by atoms with E-state index in [-0.39, 0.29) is 0 Å². The Morgan fingerprint density at radius 1 is 1.22 bits per heavy atom. The average molecular weight is 276 g/mol. The van der Waals surface area contributed by atoms with Crippen molar-refractivity contribution in [1.29, 1.82) is 0 Å². The second-order valence-electron chi connectivity index (χ2n) is 4.27. The van der Waals surface area contributed by atoms with E-state index in [0.29, 0.717) is 4.99 Å². The van der Waals surface area contributed by atoms with Gasteiger partial charge >= 0.3 is 0 Å². The van der Waals surface area contributed by atoms with Gasteiger partial charge in [-0.15, -0.1) is 11.3 Å². The summed E-state index contributed by atoms with van der Waals surface area (Å²) >= 11 is 6.86. The van der Waals surface area contributed by atoms with Crippen molar-refractivity contribution in [1.82, 2.24) is 4.90 Å². The number of thiophene rings is 1. The van der Waals surface area contributed by atoms with Crippen LogP contribution in [0.3, 0.4) is 0 Å². The number of hydrogen-bond acceptors (Lipinski definition) is 3. The SMILES string of the molecule is CN(Cc1cccs1)Cc1ccccc1C(N)=S. The summed E-state index contributed by atoms with van der Waals surface area (Å²) < 4.78 is 0. The van der Waals surface area contributed by atoms with Gasteiger partial charge in [-0.1, -0.05) is 42.5 Å². The maximum Gasteiger partial charge on any atom is 0.104 e. The van der Waals surface area contributed by atoms with Crippen molar-refractivity contribution in [2.75, 3.05) is 7.05 Å². The number of thiocarbonyl (C=S) groups is 1. The van der Waals surface area contributed by atoms with Crippen LogP contribution in [-0.4, -0.2) is 16.9 Å². The highest BCUT2D eigenvalue weighted by Gasteiger charge is 2.07. The second kappa shape index (κ2) is 6.09. The molecular weight excluding hydrogens is 260 g/mol. The molecule has 2 nitrogen and oxygen atoms in total. The third kappa shape index (κ3) is 3.38. The molecule has 1 aromatic heterocycles. The molecule has 94 valence electrons. The Labute approximate surface area is 117 Å². The lowest BCUT2D eigenvalue weighted by atomic mass is 10.1. The van der Waals surface area contributed by atoms with Crippen molar-refractivity contribution in [3.05, 3.63) is 57.8 Å². The molecule has 0 saturated carbocycles. The molecule has 1 heterocycles. The first kappa shape index (κ1) is 13.2. The molecule has 0 bridgehead atoms. The normalized spacial score (nSPS) is 10.8. The van der Waals surface area contributed by atoms with Crippen LogP contribution in [-0.2, 0) is 13.1 Å². The fraction of sp³-hybridized carbons (Fsp3) is 0.214. The smallest absolute Gasteiger partial charge is 0.104 e. The van der Waals surface area contributed by atoms with E-state index in [1.807, 2.05) is 18.2 Å². The number of nitrogens with zero attached hydrogens (tertiary/aromatic N) is 1. The van der Waals surface area contributed by atoms with Crippen LogP contribution in [0.15, 0.2) is 41.8 Å². The van der Waals surface area contributed by atoms with Gasteiger partial charge in [-0.2, -0.15) is 0 Å². The summed E-state index contributed by atoms with van der Waals surface area (Å²) in [4.78, 5) is 4.10. The van der Waals surface area contributed by atoms with Crippen molar-refractivity contribution in [2.45, 2.75) is 13.1 Å². The monoisotopic (exact) mass is 276 g/mol.